The van der Waals surface area contributed by atoms with E-state index in [1.807, 2.05) is 0 Å². The minimum atomic E-state index is 0.313. The molecule has 1 unspecified atom stereocenters. The number of ether oxygens (including phenoxy) is 1. The van der Waals surface area contributed by atoms with Crippen molar-refractivity contribution in [3.63, 3.8) is 0 Å². The normalized spacial score (nSPS) is 26.1. The van der Waals surface area contributed by atoms with Gasteiger partial charge >= 0.3 is 0 Å². The molecule has 1 atom stereocenters. The highest BCUT2D eigenvalue weighted by Crippen LogP contribution is 2.35. The van der Waals surface area contributed by atoms with E-state index in [-0.39, 0.29) is 0 Å². The Morgan fingerprint density at radius 2 is 1.90 bits per heavy atom. The van der Waals surface area contributed by atoms with Crippen molar-refractivity contribution in [2.75, 3.05) is 19.8 Å². The summed E-state index contributed by atoms with van der Waals surface area (Å²) in [7, 11) is 0. The fraction of sp³-hybridized carbons (Fsp3) is 0.667. The molecule has 1 aromatic rings. The van der Waals surface area contributed by atoms with Crippen LogP contribution < -0.4 is 5.32 Å². The van der Waals surface area contributed by atoms with Crippen molar-refractivity contribution in [1.82, 2.24) is 5.32 Å². The molecule has 1 saturated carbocycles. The standard InChI is InChI=1S/C18H27NO/c1-13-8-14(2)17(15(3)9-13)10-18(6-7-20-12-18)11-19-16-4-5-16/h8-9,16,19H,4-7,10-12H2,1-3H3. The third-order valence-electron chi connectivity index (χ3n) is 4.92. The molecule has 1 saturated heterocycles. The zero-order chi connectivity index (χ0) is 14.2. The van der Waals surface area contributed by atoms with Gasteiger partial charge in [0.25, 0.3) is 0 Å². The van der Waals surface area contributed by atoms with Crippen molar-refractivity contribution in [3.8, 4) is 0 Å². The Hall–Kier alpha value is -0.860. The van der Waals surface area contributed by atoms with Gasteiger partial charge < -0.3 is 10.1 Å². The monoisotopic (exact) mass is 273 g/mol. The molecular weight excluding hydrogens is 246 g/mol. The highest BCUT2D eigenvalue weighted by molar-refractivity contribution is 5.38. The molecule has 0 radical (unpaired) electrons. The highest BCUT2D eigenvalue weighted by Gasteiger charge is 2.37. The van der Waals surface area contributed by atoms with Crippen LogP contribution in [0.1, 0.15) is 41.5 Å². The molecule has 0 amide bonds. The van der Waals surface area contributed by atoms with Gasteiger partial charge in [-0.05, 0) is 63.1 Å². The molecule has 20 heavy (non-hydrogen) atoms. The van der Waals surface area contributed by atoms with Gasteiger partial charge in [-0.25, -0.2) is 0 Å². The summed E-state index contributed by atoms with van der Waals surface area (Å²) in [5.74, 6) is 0. The number of hydrogen-bond acceptors (Lipinski definition) is 2. The molecule has 110 valence electrons. The lowest BCUT2D eigenvalue weighted by Crippen LogP contribution is -2.38. The molecule has 1 aliphatic heterocycles. The van der Waals surface area contributed by atoms with E-state index in [0.29, 0.717) is 5.41 Å². The van der Waals surface area contributed by atoms with E-state index in [0.717, 1.165) is 32.2 Å². The van der Waals surface area contributed by atoms with E-state index >= 15 is 0 Å². The Morgan fingerprint density at radius 3 is 2.45 bits per heavy atom. The highest BCUT2D eigenvalue weighted by atomic mass is 16.5. The molecule has 2 heteroatoms. The first-order valence-electron chi connectivity index (χ1n) is 7.96. The van der Waals surface area contributed by atoms with Crippen molar-refractivity contribution in [3.05, 3.63) is 34.4 Å². The molecule has 2 nitrogen and oxygen atoms in total. The summed E-state index contributed by atoms with van der Waals surface area (Å²) in [6, 6.07) is 5.42. The number of hydrogen-bond donors (Lipinski definition) is 1. The summed E-state index contributed by atoms with van der Waals surface area (Å²) in [6.07, 6.45) is 5.07. The van der Waals surface area contributed by atoms with Gasteiger partial charge in [-0.3, -0.25) is 0 Å². The first kappa shape index (κ1) is 14.1. The maximum atomic E-state index is 5.75. The number of aryl methyl sites for hydroxylation is 3. The first-order chi connectivity index (χ1) is 9.58. The second kappa shape index (κ2) is 5.50. The second-order valence-corrected chi connectivity index (χ2v) is 7.01. The Labute approximate surface area is 122 Å². The van der Waals surface area contributed by atoms with Crippen LogP contribution in [0.25, 0.3) is 0 Å². The lowest BCUT2D eigenvalue weighted by atomic mass is 9.78. The fourth-order valence-corrected chi connectivity index (χ4v) is 3.50. The zero-order valence-corrected chi connectivity index (χ0v) is 13.1. The van der Waals surface area contributed by atoms with Gasteiger partial charge in [0, 0.05) is 24.6 Å². The van der Waals surface area contributed by atoms with Crippen LogP contribution in [0.4, 0.5) is 0 Å². The van der Waals surface area contributed by atoms with E-state index in [2.05, 4.69) is 38.2 Å². The molecule has 2 fully saturated rings. The van der Waals surface area contributed by atoms with E-state index < -0.39 is 0 Å². The molecular formula is C18H27NO. The van der Waals surface area contributed by atoms with Gasteiger partial charge in [0.2, 0.25) is 0 Å². The SMILES string of the molecule is Cc1cc(C)c(CC2(CNC3CC3)CCOC2)c(C)c1. The van der Waals surface area contributed by atoms with Crippen LogP contribution in [-0.2, 0) is 11.2 Å². The van der Waals surface area contributed by atoms with Gasteiger partial charge in [-0.1, -0.05) is 17.7 Å². The lowest BCUT2D eigenvalue weighted by Gasteiger charge is -2.29. The minimum absolute atomic E-state index is 0.313. The molecule has 0 spiro atoms. The predicted molar refractivity (Wildman–Crippen MR) is 83.3 cm³/mol. The topological polar surface area (TPSA) is 21.3 Å². The molecule has 1 heterocycles. The second-order valence-electron chi connectivity index (χ2n) is 7.01. The van der Waals surface area contributed by atoms with Gasteiger partial charge in [0.15, 0.2) is 0 Å². The zero-order valence-electron chi connectivity index (χ0n) is 13.1. The Balaban J connectivity index is 1.78. The fourth-order valence-electron chi connectivity index (χ4n) is 3.50. The van der Waals surface area contributed by atoms with Crippen LogP contribution >= 0.6 is 0 Å². The summed E-state index contributed by atoms with van der Waals surface area (Å²) in [5.41, 5.74) is 6.11. The average Bonchev–Trinajstić information content (AvgIpc) is 3.11. The van der Waals surface area contributed by atoms with Gasteiger partial charge in [-0.2, -0.15) is 0 Å². The van der Waals surface area contributed by atoms with Crippen molar-refractivity contribution in [2.24, 2.45) is 5.41 Å². The quantitative estimate of drug-likeness (QED) is 0.888. The maximum Gasteiger partial charge on any atom is 0.0538 e. The summed E-state index contributed by atoms with van der Waals surface area (Å²) >= 11 is 0. The molecule has 2 aliphatic rings. The van der Waals surface area contributed by atoms with Crippen LogP contribution in [-0.4, -0.2) is 25.8 Å². The minimum Gasteiger partial charge on any atom is -0.381 e. The van der Waals surface area contributed by atoms with Gasteiger partial charge in [-0.15, -0.1) is 0 Å². The van der Waals surface area contributed by atoms with Crippen LogP contribution in [0.2, 0.25) is 0 Å². The number of rotatable bonds is 5. The molecule has 3 rings (SSSR count). The summed E-state index contributed by atoms with van der Waals surface area (Å²) in [6.45, 7) is 9.66. The lowest BCUT2D eigenvalue weighted by molar-refractivity contribution is 0.149. The van der Waals surface area contributed by atoms with Crippen molar-refractivity contribution in [2.45, 2.75) is 52.5 Å². The summed E-state index contributed by atoms with van der Waals surface area (Å²) in [5, 5.41) is 3.73. The summed E-state index contributed by atoms with van der Waals surface area (Å²) in [4.78, 5) is 0. The van der Waals surface area contributed by atoms with E-state index in [9.17, 15) is 0 Å². The molecule has 0 aromatic heterocycles. The van der Waals surface area contributed by atoms with Crippen molar-refractivity contribution < 1.29 is 4.74 Å². The smallest absolute Gasteiger partial charge is 0.0538 e. The maximum absolute atomic E-state index is 5.75. The third kappa shape index (κ3) is 3.07. The van der Waals surface area contributed by atoms with Crippen LogP contribution in [0.5, 0.6) is 0 Å². The van der Waals surface area contributed by atoms with Gasteiger partial charge in [0.05, 0.1) is 6.61 Å². The van der Waals surface area contributed by atoms with Crippen molar-refractivity contribution in [1.29, 1.82) is 0 Å². The Kier molecular flexibility index (Phi) is 3.87. The first-order valence-corrected chi connectivity index (χ1v) is 7.96. The van der Waals surface area contributed by atoms with E-state index in [1.54, 1.807) is 5.56 Å². The van der Waals surface area contributed by atoms with Crippen LogP contribution in [0.3, 0.4) is 0 Å². The van der Waals surface area contributed by atoms with Gasteiger partial charge in [0.1, 0.15) is 0 Å². The predicted octanol–water partition coefficient (Wildman–Crippen LogP) is 3.31. The average molecular weight is 273 g/mol. The van der Waals surface area contributed by atoms with Crippen LogP contribution in [0, 0.1) is 26.2 Å². The van der Waals surface area contributed by atoms with Crippen LogP contribution in [0.15, 0.2) is 12.1 Å². The molecule has 0 bridgehead atoms. The largest absolute Gasteiger partial charge is 0.381 e. The number of benzene rings is 1. The molecule has 1 aliphatic carbocycles. The third-order valence-corrected chi connectivity index (χ3v) is 4.92. The Bertz CT molecular complexity index is 461. The van der Waals surface area contributed by atoms with E-state index in [4.69, 9.17) is 4.74 Å². The van der Waals surface area contributed by atoms with Crippen molar-refractivity contribution >= 4 is 0 Å². The van der Waals surface area contributed by atoms with E-state index in [1.165, 1.54) is 36.0 Å². The molecule has 1 aromatic carbocycles. The number of nitrogens with one attached hydrogen (secondary N) is 1. The Morgan fingerprint density at radius 1 is 1.20 bits per heavy atom. The molecule has 1 N–H and O–H groups in total. The summed E-state index contributed by atoms with van der Waals surface area (Å²) < 4.78 is 5.75.